The molecule has 1 atom stereocenters. The number of benzene rings is 1. The van der Waals surface area contributed by atoms with Crippen LogP contribution in [0.4, 0.5) is 5.69 Å². The number of anilines is 1. The van der Waals surface area contributed by atoms with E-state index in [9.17, 15) is 4.79 Å². The van der Waals surface area contributed by atoms with E-state index in [0.29, 0.717) is 18.7 Å². The third-order valence-electron chi connectivity index (χ3n) is 3.25. The van der Waals surface area contributed by atoms with Crippen molar-refractivity contribution in [2.75, 3.05) is 39.2 Å². The van der Waals surface area contributed by atoms with Gasteiger partial charge in [-0.3, -0.25) is 4.79 Å². The average Bonchev–Trinajstić information content (AvgIpc) is 2.90. The third-order valence-corrected chi connectivity index (χ3v) is 3.25. The lowest BCUT2D eigenvalue weighted by Crippen LogP contribution is -2.35. The molecule has 1 unspecified atom stereocenters. The van der Waals surface area contributed by atoms with E-state index in [1.165, 1.54) is 5.56 Å². The average molecular weight is 264 g/mol. The zero-order valence-corrected chi connectivity index (χ0v) is 11.4. The van der Waals surface area contributed by atoms with Crippen LogP contribution in [0.15, 0.2) is 18.2 Å². The highest BCUT2D eigenvalue weighted by Gasteiger charge is 2.14. The Kier molecular flexibility index (Phi) is 4.76. The summed E-state index contributed by atoms with van der Waals surface area (Å²) in [6.07, 6.45) is 0.853. The van der Waals surface area contributed by atoms with Crippen molar-refractivity contribution in [1.82, 2.24) is 5.32 Å². The van der Waals surface area contributed by atoms with Crippen LogP contribution in [0, 0.1) is 0 Å². The SMILES string of the molecule is COCC(CNC(=O)c1ccc2c(c1)CCN2)OC. The van der Waals surface area contributed by atoms with Gasteiger partial charge in [-0.1, -0.05) is 0 Å². The fraction of sp³-hybridized carbons (Fsp3) is 0.500. The van der Waals surface area contributed by atoms with Gasteiger partial charge in [0.1, 0.15) is 0 Å². The first kappa shape index (κ1) is 13.8. The van der Waals surface area contributed by atoms with Gasteiger partial charge in [0.15, 0.2) is 0 Å². The first-order valence-corrected chi connectivity index (χ1v) is 6.41. The maximum absolute atomic E-state index is 12.0. The zero-order valence-electron chi connectivity index (χ0n) is 11.4. The molecule has 19 heavy (non-hydrogen) atoms. The number of hydrogen-bond donors (Lipinski definition) is 2. The van der Waals surface area contributed by atoms with Crippen LogP contribution in [0.5, 0.6) is 0 Å². The Morgan fingerprint density at radius 1 is 1.47 bits per heavy atom. The molecular weight excluding hydrogens is 244 g/mol. The molecule has 0 aromatic heterocycles. The largest absolute Gasteiger partial charge is 0.384 e. The molecule has 1 aromatic carbocycles. The molecule has 0 saturated heterocycles. The van der Waals surface area contributed by atoms with E-state index in [1.54, 1.807) is 14.2 Å². The molecule has 0 radical (unpaired) electrons. The van der Waals surface area contributed by atoms with Gasteiger partial charge in [-0.2, -0.15) is 0 Å². The standard InChI is InChI=1S/C14H20N2O3/c1-18-9-12(19-2)8-16-14(17)11-3-4-13-10(7-11)5-6-15-13/h3-4,7,12,15H,5-6,8-9H2,1-2H3,(H,16,17). The number of methoxy groups -OCH3 is 2. The minimum absolute atomic E-state index is 0.0761. The number of carbonyl (C=O) groups is 1. The van der Waals surface area contributed by atoms with Crippen molar-refractivity contribution in [3.8, 4) is 0 Å². The Labute approximate surface area is 113 Å². The first-order chi connectivity index (χ1) is 9.24. The Hall–Kier alpha value is -1.59. The maximum Gasteiger partial charge on any atom is 0.251 e. The smallest absolute Gasteiger partial charge is 0.251 e. The van der Waals surface area contributed by atoms with E-state index >= 15 is 0 Å². The van der Waals surface area contributed by atoms with Gasteiger partial charge in [0.25, 0.3) is 5.91 Å². The maximum atomic E-state index is 12.0. The quantitative estimate of drug-likeness (QED) is 0.806. The predicted octanol–water partition coefficient (Wildman–Crippen LogP) is 1.05. The van der Waals surface area contributed by atoms with Gasteiger partial charge in [0, 0.05) is 38.6 Å². The van der Waals surface area contributed by atoms with Gasteiger partial charge >= 0.3 is 0 Å². The molecule has 0 fully saturated rings. The normalized spacial score (nSPS) is 14.6. The molecule has 2 N–H and O–H groups in total. The van der Waals surface area contributed by atoms with E-state index in [4.69, 9.17) is 9.47 Å². The van der Waals surface area contributed by atoms with E-state index in [1.807, 2.05) is 18.2 Å². The topological polar surface area (TPSA) is 59.6 Å². The van der Waals surface area contributed by atoms with Gasteiger partial charge in [-0.25, -0.2) is 0 Å². The Bertz CT molecular complexity index is 448. The fourth-order valence-corrected chi connectivity index (χ4v) is 2.15. The molecule has 5 nitrogen and oxygen atoms in total. The molecule has 0 bridgehead atoms. The minimum atomic E-state index is -0.120. The lowest BCUT2D eigenvalue weighted by atomic mass is 10.1. The summed E-state index contributed by atoms with van der Waals surface area (Å²) < 4.78 is 10.2. The van der Waals surface area contributed by atoms with Crippen LogP contribution < -0.4 is 10.6 Å². The van der Waals surface area contributed by atoms with Crippen molar-refractivity contribution in [3.63, 3.8) is 0 Å². The molecule has 1 heterocycles. The van der Waals surface area contributed by atoms with Crippen molar-refractivity contribution in [3.05, 3.63) is 29.3 Å². The number of nitrogens with one attached hydrogen (secondary N) is 2. The molecule has 1 aromatic rings. The number of fused-ring (bicyclic) bond motifs is 1. The number of amides is 1. The van der Waals surface area contributed by atoms with Gasteiger partial charge < -0.3 is 20.1 Å². The van der Waals surface area contributed by atoms with Crippen molar-refractivity contribution >= 4 is 11.6 Å². The summed E-state index contributed by atoms with van der Waals surface area (Å²) in [6, 6.07) is 5.74. The van der Waals surface area contributed by atoms with Crippen molar-refractivity contribution in [2.24, 2.45) is 0 Å². The van der Waals surface area contributed by atoms with Crippen LogP contribution >= 0.6 is 0 Å². The monoisotopic (exact) mass is 264 g/mol. The molecule has 104 valence electrons. The number of rotatable bonds is 6. The molecule has 2 rings (SSSR count). The summed E-state index contributed by atoms with van der Waals surface area (Å²) in [4.78, 5) is 12.0. The van der Waals surface area contributed by atoms with Crippen molar-refractivity contribution < 1.29 is 14.3 Å². The predicted molar refractivity (Wildman–Crippen MR) is 73.6 cm³/mol. The fourth-order valence-electron chi connectivity index (χ4n) is 2.15. The highest BCUT2D eigenvalue weighted by atomic mass is 16.5. The molecule has 5 heteroatoms. The minimum Gasteiger partial charge on any atom is -0.384 e. The van der Waals surface area contributed by atoms with Gasteiger partial charge in [-0.05, 0) is 30.2 Å². The van der Waals surface area contributed by atoms with Gasteiger partial charge in [0.05, 0.1) is 12.7 Å². The molecule has 0 aliphatic carbocycles. The van der Waals surface area contributed by atoms with Crippen LogP contribution in [0.3, 0.4) is 0 Å². The lowest BCUT2D eigenvalue weighted by Gasteiger charge is -2.15. The second-order valence-corrected chi connectivity index (χ2v) is 4.57. The Balaban J connectivity index is 1.92. The van der Waals surface area contributed by atoms with Crippen LogP contribution in [0.2, 0.25) is 0 Å². The van der Waals surface area contributed by atoms with E-state index < -0.39 is 0 Å². The first-order valence-electron chi connectivity index (χ1n) is 6.41. The van der Waals surface area contributed by atoms with E-state index in [2.05, 4.69) is 10.6 Å². The van der Waals surface area contributed by atoms with Crippen LogP contribution in [0.1, 0.15) is 15.9 Å². The second kappa shape index (κ2) is 6.54. The molecular formula is C14H20N2O3. The molecule has 1 aliphatic heterocycles. The lowest BCUT2D eigenvalue weighted by molar-refractivity contribution is 0.0285. The molecule has 1 amide bonds. The third kappa shape index (κ3) is 3.45. The zero-order chi connectivity index (χ0) is 13.7. The summed E-state index contributed by atoms with van der Waals surface area (Å²) in [6.45, 7) is 1.85. The van der Waals surface area contributed by atoms with Crippen LogP contribution in [-0.2, 0) is 15.9 Å². The summed E-state index contributed by atoms with van der Waals surface area (Å²) >= 11 is 0. The number of hydrogen-bond acceptors (Lipinski definition) is 4. The Morgan fingerprint density at radius 3 is 3.05 bits per heavy atom. The highest BCUT2D eigenvalue weighted by Crippen LogP contribution is 2.22. The number of carbonyl (C=O) groups excluding carboxylic acids is 1. The van der Waals surface area contributed by atoms with E-state index in [-0.39, 0.29) is 12.0 Å². The van der Waals surface area contributed by atoms with Crippen molar-refractivity contribution in [2.45, 2.75) is 12.5 Å². The summed E-state index contributed by atoms with van der Waals surface area (Å²) in [5, 5.41) is 6.14. The molecule has 0 saturated carbocycles. The number of ether oxygens (including phenoxy) is 2. The van der Waals surface area contributed by atoms with Crippen LogP contribution in [-0.4, -0.2) is 45.9 Å². The summed E-state index contributed by atoms with van der Waals surface area (Å²) in [5.74, 6) is -0.0761. The highest BCUT2D eigenvalue weighted by molar-refractivity contribution is 5.95. The summed E-state index contributed by atoms with van der Waals surface area (Å²) in [5.41, 5.74) is 3.02. The van der Waals surface area contributed by atoms with E-state index in [0.717, 1.165) is 18.7 Å². The van der Waals surface area contributed by atoms with Gasteiger partial charge in [-0.15, -0.1) is 0 Å². The van der Waals surface area contributed by atoms with Gasteiger partial charge in [0.2, 0.25) is 0 Å². The molecule has 1 aliphatic rings. The Morgan fingerprint density at radius 2 is 2.32 bits per heavy atom. The van der Waals surface area contributed by atoms with Crippen molar-refractivity contribution in [1.29, 1.82) is 0 Å². The second-order valence-electron chi connectivity index (χ2n) is 4.57. The molecule has 0 spiro atoms. The summed E-state index contributed by atoms with van der Waals surface area (Å²) in [7, 11) is 3.22. The van der Waals surface area contributed by atoms with Crippen LogP contribution in [0.25, 0.3) is 0 Å².